The van der Waals surface area contributed by atoms with Crippen LogP contribution in [0.1, 0.15) is 46.0 Å². The molecule has 1 aliphatic carbocycles. The van der Waals surface area contributed by atoms with Crippen molar-refractivity contribution in [2.45, 2.75) is 52.0 Å². The minimum atomic E-state index is 0. The van der Waals surface area contributed by atoms with Crippen LogP contribution in [-0.4, -0.2) is 24.0 Å². The fraction of sp³-hybridized carbons (Fsp3) is 0.917. The van der Waals surface area contributed by atoms with E-state index in [1.165, 1.54) is 45.2 Å². The molecule has 1 saturated carbocycles. The molecule has 2 aliphatic rings. The average molecular weight is 269 g/mol. The maximum absolute atomic E-state index is 2.63. The van der Waals surface area contributed by atoms with E-state index in [-0.39, 0.29) is 32.7 Å². The fourth-order valence-corrected chi connectivity index (χ4v) is 2.89. The molecule has 2 heteroatoms. The molecule has 2 fully saturated rings. The summed E-state index contributed by atoms with van der Waals surface area (Å²) >= 11 is 0. The van der Waals surface area contributed by atoms with Gasteiger partial charge in [0.2, 0.25) is 0 Å². The van der Waals surface area contributed by atoms with Crippen LogP contribution < -0.4 is 0 Å². The Morgan fingerprint density at radius 3 is 2.21 bits per heavy atom. The third-order valence-corrected chi connectivity index (χ3v) is 4.05. The van der Waals surface area contributed by atoms with E-state index < -0.39 is 0 Å². The van der Waals surface area contributed by atoms with Gasteiger partial charge in [0.25, 0.3) is 0 Å². The van der Waals surface area contributed by atoms with Crippen molar-refractivity contribution in [2.75, 3.05) is 13.1 Å². The van der Waals surface area contributed by atoms with E-state index in [2.05, 4.69) is 25.2 Å². The minimum Gasteiger partial charge on any atom is -0.328 e. The summed E-state index contributed by atoms with van der Waals surface area (Å²) < 4.78 is 0. The van der Waals surface area contributed by atoms with Crippen LogP contribution in [0.15, 0.2) is 0 Å². The van der Waals surface area contributed by atoms with Crippen molar-refractivity contribution in [3.8, 4) is 0 Å². The van der Waals surface area contributed by atoms with Crippen molar-refractivity contribution in [1.29, 1.82) is 0 Å². The van der Waals surface area contributed by atoms with Gasteiger partial charge in [-0.25, -0.2) is 0 Å². The number of hydrogen-bond donors (Lipinski definition) is 0. The van der Waals surface area contributed by atoms with Crippen molar-refractivity contribution in [3.63, 3.8) is 0 Å². The van der Waals surface area contributed by atoms with Gasteiger partial charge in [-0.05, 0) is 39.8 Å². The maximum Gasteiger partial charge on any atom is 0.00385 e. The van der Waals surface area contributed by atoms with Crippen LogP contribution in [0, 0.1) is 11.8 Å². The molecule has 1 saturated heterocycles. The molecule has 0 bridgehead atoms. The number of piperidine rings is 1. The molecule has 0 aromatic carbocycles. The Morgan fingerprint density at radius 2 is 1.79 bits per heavy atom. The van der Waals surface area contributed by atoms with Crippen LogP contribution in [0.25, 0.3) is 0 Å². The second-order valence-electron chi connectivity index (χ2n) is 5.16. The molecule has 1 aliphatic heterocycles. The summed E-state index contributed by atoms with van der Waals surface area (Å²) in [4.78, 5) is 2.63. The van der Waals surface area contributed by atoms with Crippen molar-refractivity contribution < 1.29 is 32.7 Å². The van der Waals surface area contributed by atoms with Crippen molar-refractivity contribution >= 4 is 0 Å². The molecule has 0 unspecified atom stereocenters. The number of likely N-dealkylation sites (tertiary alicyclic amines) is 1. The summed E-state index contributed by atoms with van der Waals surface area (Å²) in [5, 5.41) is 0. The van der Waals surface area contributed by atoms with E-state index in [4.69, 9.17) is 0 Å². The fourth-order valence-electron chi connectivity index (χ4n) is 2.89. The van der Waals surface area contributed by atoms with Gasteiger partial charge in [0.05, 0.1) is 0 Å². The molecule has 1 spiro atoms. The predicted molar refractivity (Wildman–Crippen MR) is 56.5 cm³/mol. The van der Waals surface area contributed by atoms with Crippen LogP contribution in [0.2, 0.25) is 0 Å². The van der Waals surface area contributed by atoms with Crippen LogP contribution in [0.5, 0.6) is 0 Å². The van der Waals surface area contributed by atoms with Gasteiger partial charge in [0.1, 0.15) is 0 Å². The molecule has 79 valence electrons. The van der Waals surface area contributed by atoms with Gasteiger partial charge < -0.3 is 11.3 Å². The first-order chi connectivity index (χ1) is 6.22. The monoisotopic (exact) mass is 269 g/mol. The van der Waals surface area contributed by atoms with E-state index in [1.807, 2.05) is 0 Å². The Kier molecular flexibility index (Phi) is 5.07. The molecule has 1 heterocycles. The normalized spacial score (nSPS) is 26.8. The smallest absolute Gasteiger partial charge is 0.00385 e. The van der Waals surface area contributed by atoms with Gasteiger partial charge in [-0.2, -0.15) is 12.8 Å². The summed E-state index contributed by atoms with van der Waals surface area (Å²) in [6.45, 7) is 7.31. The molecule has 1 radical (unpaired) electrons. The quantitative estimate of drug-likeness (QED) is 0.662. The van der Waals surface area contributed by atoms with Gasteiger partial charge >= 0.3 is 0 Å². The van der Waals surface area contributed by atoms with Crippen molar-refractivity contribution in [2.24, 2.45) is 5.41 Å². The molecular formula is C12H22NY-. The molecule has 0 amide bonds. The Bertz CT molecular complexity index is 163. The first kappa shape index (κ1) is 13.1. The van der Waals surface area contributed by atoms with Crippen LogP contribution in [-0.2, 0) is 32.7 Å². The predicted octanol–water partition coefficient (Wildman–Crippen LogP) is 2.86. The van der Waals surface area contributed by atoms with E-state index in [1.54, 1.807) is 0 Å². The maximum atomic E-state index is 2.63. The summed E-state index contributed by atoms with van der Waals surface area (Å²) in [5.74, 6) is 0. The van der Waals surface area contributed by atoms with Crippen molar-refractivity contribution in [1.82, 2.24) is 4.90 Å². The third kappa shape index (κ3) is 2.80. The largest absolute Gasteiger partial charge is 0.328 e. The third-order valence-electron chi connectivity index (χ3n) is 4.05. The molecule has 0 aromatic rings. The first-order valence-electron chi connectivity index (χ1n) is 5.78. The molecule has 0 atom stereocenters. The summed E-state index contributed by atoms with van der Waals surface area (Å²) in [6, 6.07) is 0.753. The summed E-state index contributed by atoms with van der Waals surface area (Å²) in [7, 11) is 0. The zero-order chi connectivity index (χ0) is 9.31. The van der Waals surface area contributed by atoms with E-state index in [9.17, 15) is 0 Å². The van der Waals surface area contributed by atoms with Gasteiger partial charge in [-0.3, -0.25) is 0 Å². The molecule has 0 aromatic heterocycles. The van der Waals surface area contributed by atoms with Gasteiger partial charge in [-0.1, -0.05) is 11.8 Å². The molecule has 1 nitrogen and oxygen atoms in total. The second-order valence-corrected chi connectivity index (χ2v) is 5.16. The van der Waals surface area contributed by atoms with Gasteiger partial charge in [0, 0.05) is 38.8 Å². The van der Waals surface area contributed by atoms with Crippen molar-refractivity contribution in [3.05, 3.63) is 6.42 Å². The zero-order valence-corrected chi connectivity index (χ0v) is 12.5. The Balaban J connectivity index is 0.000000980. The minimum absolute atomic E-state index is 0. The topological polar surface area (TPSA) is 3.24 Å². The van der Waals surface area contributed by atoms with Crippen LogP contribution in [0.4, 0.5) is 0 Å². The Labute approximate surface area is 114 Å². The molecule has 0 N–H and O–H groups in total. The van der Waals surface area contributed by atoms with E-state index in [0.717, 1.165) is 11.5 Å². The van der Waals surface area contributed by atoms with E-state index >= 15 is 0 Å². The molecular weight excluding hydrogens is 247 g/mol. The van der Waals surface area contributed by atoms with Crippen LogP contribution >= 0.6 is 0 Å². The van der Waals surface area contributed by atoms with Crippen LogP contribution in [0.3, 0.4) is 0 Å². The Morgan fingerprint density at radius 1 is 1.14 bits per heavy atom. The standard InChI is InChI=1S/C12H22N.Y/c1-11(2)13-9-7-12(8-10-13)5-3-4-6-12;/h3,11H,4-10H2,1-2H3;/q-1;. The Hall–Kier alpha value is 1.06. The van der Waals surface area contributed by atoms with Gasteiger partial charge in [0.15, 0.2) is 0 Å². The second kappa shape index (κ2) is 5.41. The summed E-state index contributed by atoms with van der Waals surface area (Å²) in [6.07, 6.45) is 9.65. The summed E-state index contributed by atoms with van der Waals surface area (Å²) in [5.41, 5.74) is 0.741. The molecule has 14 heavy (non-hydrogen) atoms. The number of nitrogens with zero attached hydrogens (tertiary/aromatic N) is 1. The van der Waals surface area contributed by atoms with Gasteiger partial charge in [-0.15, -0.1) is 0 Å². The number of rotatable bonds is 1. The SMILES string of the molecule is CC(C)N1CCC2(C[CH-]CC2)CC1.[Y]. The first-order valence-corrected chi connectivity index (χ1v) is 5.78. The molecule has 2 rings (SSSR count). The van der Waals surface area contributed by atoms with E-state index in [0.29, 0.717) is 0 Å². The zero-order valence-electron chi connectivity index (χ0n) is 9.63. The number of hydrogen-bond acceptors (Lipinski definition) is 1. The average Bonchev–Trinajstić information content (AvgIpc) is 2.54.